The van der Waals surface area contributed by atoms with Gasteiger partial charge in [0.25, 0.3) is 0 Å². The second kappa shape index (κ2) is 11.9. The first-order valence-electron chi connectivity index (χ1n) is 9.90. The Kier molecular flexibility index (Phi) is 9.56. The Balaban J connectivity index is 1.97. The first-order valence-corrected chi connectivity index (χ1v) is 9.90. The van der Waals surface area contributed by atoms with Gasteiger partial charge >= 0.3 is 0 Å². The minimum absolute atomic E-state index is 0.826. The summed E-state index contributed by atoms with van der Waals surface area (Å²) in [5.41, 5.74) is 3.01. The Morgan fingerprint density at radius 2 is 1.32 bits per heavy atom. The van der Waals surface area contributed by atoms with E-state index in [9.17, 15) is 0 Å². The van der Waals surface area contributed by atoms with E-state index < -0.39 is 0 Å². The molecule has 1 heterocycles. The van der Waals surface area contributed by atoms with Gasteiger partial charge < -0.3 is 0 Å². The molecular formula is C20H36N2. The van der Waals surface area contributed by atoms with Crippen molar-refractivity contribution in [3.63, 3.8) is 0 Å². The monoisotopic (exact) mass is 304 g/mol. The molecule has 2 nitrogen and oxygen atoms in total. The highest BCUT2D eigenvalue weighted by Crippen LogP contribution is 2.20. The van der Waals surface area contributed by atoms with Crippen LogP contribution in [-0.4, -0.2) is 18.9 Å². The summed E-state index contributed by atoms with van der Waals surface area (Å²) in [6, 6.07) is 0. The Labute approximate surface area is 137 Å². The van der Waals surface area contributed by atoms with Crippen molar-refractivity contribution in [3.8, 4) is 0 Å². The zero-order valence-electron chi connectivity index (χ0n) is 14.5. The van der Waals surface area contributed by atoms with E-state index in [-0.39, 0.29) is 0 Å². The number of hydrogen-bond donors (Lipinski definition) is 1. The van der Waals surface area contributed by atoms with Crippen molar-refractivity contribution < 1.29 is 0 Å². The minimum Gasteiger partial charge on any atom is -0.298 e. The predicted octanol–water partition coefficient (Wildman–Crippen LogP) is 5.78. The van der Waals surface area contributed by atoms with Gasteiger partial charge in [-0.3, -0.25) is 10.3 Å². The highest BCUT2D eigenvalue weighted by molar-refractivity contribution is 6.00. The van der Waals surface area contributed by atoms with Crippen molar-refractivity contribution in [2.45, 2.75) is 96.3 Å². The predicted molar refractivity (Wildman–Crippen MR) is 97.6 cm³/mol. The van der Waals surface area contributed by atoms with Gasteiger partial charge in [0, 0.05) is 5.71 Å². The molecule has 0 aromatic carbocycles. The molecule has 1 aliphatic carbocycles. The third-order valence-corrected chi connectivity index (χ3v) is 5.06. The molecule has 0 aromatic heterocycles. The van der Waals surface area contributed by atoms with Gasteiger partial charge in [0.1, 0.15) is 0 Å². The molecule has 2 heteroatoms. The molecule has 0 fully saturated rings. The molecule has 126 valence electrons. The van der Waals surface area contributed by atoms with Crippen LogP contribution in [-0.2, 0) is 0 Å². The summed E-state index contributed by atoms with van der Waals surface area (Å²) < 4.78 is 0. The zero-order valence-corrected chi connectivity index (χ0v) is 14.5. The van der Waals surface area contributed by atoms with Gasteiger partial charge in [0.2, 0.25) is 0 Å². The van der Waals surface area contributed by atoms with Crippen molar-refractivity contribution in [3.05, 3.63) is 11.6 Å². The van der Waals surface area contributed by atoms with E-state index in [2.05, 4.69) is 11.4 Å². The summed E-state index contributed by atoms with van der Waals surface area (Å²) in [4.78, 5) is 4.94. The van der Waals surface area contributed by atoms with Crippen LogP contribution in [0.1, 0.15) is 96.3 Å². The normalized spacial score (nSPS) is 29.1. The third kappa shape index (κ3) is 7.58. The van der Waals surface area contributed by atoms with Crippen LogP contribution < -0.4 is 5.32 Å². The fourth-order valence-electron chi connectivity index (χ4n) is 3.63. The van der Waals surface area contributed by atoms with Crippen LogP contribution >= 0.6 is 0 Å². The maximum Gasteiger partial charge on any atom is 0.0887 e. The first kappa shape index (κ1) is 17.7. The van der Waals surface area contributed by atoms with E-state index in [1.54, 1.807) is 5.57 Å². The molecule has 0 atom stereocenters. The number of nitrogens with one attached hydrogen (secondary N) is 1. The van der Waals surface area contributed by atoms with Gasteiger partial charge in [-0.2, -0.15) is 0 Å². The Morgan fingerprint density at radius 1 is 0.682 bits per heavy atom. The fraction of sp³-hybridized carbons (Fsp3) is 0.850. The average Bonchev–Trinajstić information content (AvgIpc) is 2.64. The van der Waals surface area contributed by atoms with Crippen LogP contribution in [0.25, 0.3) is 0 Å². The fourth-order valence-corrected chi connectivity index (χ4v) is 3.63. The second-order valence-electron chi connectivity index (χ2n) is 7.02. The first-order chi connectivity index (χ1) is 11.0. The molecular weight excluding hydrogens is 268 g/mol. The number of hydrogen-bond acceptors (Lipinski definition) is 2. The molecule has 2 rings (SSSR count). The standard InChI is InChI=1S/C20H36N2/c1-2-4-7-11-15-19(14-10-6-3-1)20-16-12-8-5-9-13-17-21-18-22-20/h14,21H,1-13,15-18H2/b19-14+,22-20-. The second-order valence-corrected chi connectivity index (χ2v) is 7.02. The molecule has 1 aliphatic heterocycles. The lowest BCUT2D eigenvalue weighted by atomic mass is 9.97. The Bertz CT molecular complexity index is 310. The molecule has 0 aromatic rings. The molecule has 0 spiro atoms. The lowest BCUT2D eigenvalue weighted by Crippen LogP contribution is -2.17. The summed E-state index contributed by atoms with van der Waals surface area (Å²) in [5, 5.41) is 3.50. The van der Waals surface area contributed by atoms with E-state index in [1.165, 1.54) is 102 Å². The molecule has 1 N–H and O–H groups in total. The van der Waals surface area contributed by atoms with Gasteiger partial charge in [-0.15, -0.1) is 0 Å². The lowest BCUT2D eigenvalue weighted by molar-refractivity contribution is 0.588. The van der Waals surface area contributed by atoms with Crippen molar-refractivity contribution in [2.24, 2.45) is 4.99 Å². The molecule has 0 amide bonds. The van der Waals surface area contributed by atoms with Gasteiger partial charge in [0.05, 0.1) is 6.67 Å². The average molecular weight is 305 g/mol. The highest BCUT2D eigenvalue weighted by atomic mass is 15.0. The molecule has 0 radical (unpaired) electrons. The van der Waals surface area contributed by atoms with Gasteiger partial charge in [-0.25, -0.2) is 0 Å². The Morgan fingerprint density at radius 3 is 2.14 bits per heavy atom. The van der Waals surface area contributed by atoms with Crippen LogP contribution in [0.2, 0.25) is 0 Å². The third-order valence-electron chi connectivity index (χ3n) is 5.06. The van der Waals surface area contributed by atoms with Crippen molar-refractivity contribution in [1.82, 2.24) is 5.32 Å². The van der Waals surface area contributed by atoms with Crippen molar-refractivity contribution >= 4 is 5.71 Å². The van der Waals surface area contributed by atoms with Crippen LogP contribution in [0.5, 0.6) is 0 Å². The molecule has 0 bridgehead atoms. The molecule has 22 heavy (non-hydrogen) atoms. The van der Waals surface area contributed by atoms with Gasteiger partial charge in [-0.1, -0.05) is 57.4 Å². The minimum atomic E-state index is 0.826. The summed E-state index contributed by atoms with van der Waals surface area (Å²) in [6.45, 7) is 1.96. The van der Waals surface area contributed by atoms with Crippen LogP contribution in [0.15, 0.2) is 16.6 Å². The molecule has 2 aliphatic rings. The van der Waals surface area contributed by atoms with E-state index in [1.807, 2.05) is 0 Å². The highest BCUT2D eigenvalue weighted by Gasteiger charge is 2.09. The molecule has 0 unspecified atom stereocenters. The van der Waals surface area contributed by atoms with E-state index in [0.29, 0.717) is 0 Å². The van der Waals surface area contributed by atoms with Gasteiger partial charge in [0.15, 0.2) is 0 Å². The van der Waals surface area contributed by atoms with Crippen LogP contribution in [0.3, 0.4) is 0 Å². The smallest absolute Gasteiger partial charge is 0.0887 e. The number of allylic oxidation sites excluding steroid dienone is 2. The quantitative estimate of drug-likeness (QED) is 0.652. The van der Waals surface area contributed by atoms with E-state index in [4.69, 9.17) is 4.99 Å². The van der Waals surface area contributed by atoms with Gasteiger partial charge in [-0.05, 0) is 57.1 Å². The van der Waals surface area contributed by atoms with Crippen LogP contribution in [0.4, 0.5) is 0 Å². The summed E-state index contributed by atoms with van der Waals surface area (Å²) in [5.74, 6) is 0. The maximum absolute atomic E-state index is 4.94. The van der Waals surface area contributed by atoms with Crippen molar-refractivity contribution in [2.75, 3.05) is 13.2 Å². The SMILES string of the molecule is C1=C(/C2=N\CNCCCCCCC2)CCCCCCCCC/1. The Hall–Kier alpha value is -0.630. The largest absolute Gasteiger partial charge is 0.298 e. The number of nitrogens with zero attached hydrogens (tertiary/aromatic N) is 1. The van der Waals surface area contributed by atoms with Crippen molar-refractivity contribution in [1.29, 1.82) is 0 Å². The van der Waals surface area contributed by atoms with E-state index in [0.717, 1.165) is 13.2 Å². The summed E-state index contributed by atoms with van der Waals surface area (Å²) in [7, 11) is 0. The topological polar surface area (TPSA) is 24.4 Å². The number of rotatable bonds is 1. The lowest BCUT2D eigenvalue weighted by Gasteiger charge is -2.12. The van der Waals surface area contributed by atoms with E-state index >= 15 is 0 Å². The summed E-state index contributed by atoms with van der Waals surface area (Å²) >= 11 is 0. The zero-order chi connectivity index (χ0) is 15.3. The molecule has 0 saturated carbocycles. The molecule has 0 saturated heterocycles. The number of aliphatic imine (C=N–C) groups is 1. The van der Waals surface area contributed by atoms with Crippen LogP contribution in [0, 0.1) is 0 Å². The maximum atomic E-state index is 4.94. The summed E-state index contributed by atoms with van der Waals surface area (Å²) in [6.07, 6.45) is 22.9.